The van der Waals surface area contributed by atoms with E-state index in [1.807, 2.05) is 11.8 Å². The second-order valence-corrected chi connectivity index (χ2v) is 3.94. The molecule has 0 spiro atoms. The summed E-state index contributed by atoms with van der Waals surface area (Å²) in [6, 6.07) is -0.160. The van der Waals surface area contributed by atoms with Crippen molar-refractivity contribution in [3.05, 3.63) is 34.1 Å². The van der Waals surface area contributed by atoms with Gasteiger partial charge >= 0.3 is 6.08 Å². The number of nitro groups is 1. The maximum absolute atomic E-state index is 12.6. The fourth-order valence-corrected chi connectivity index (χ4v) is 1.90. The maximum atomic E-state index is 12.6. The second kappa shape index (κ2) is 5.03. The van der Waals surface area contributed by atoms with Gasteiger partial charge in [0.25, 0.3) is 6.54 Å². The quantitative estimate of drug-likeness (QED) is 0.447. The van der Waals surface area contributed by atoms with E-state index in [0.29, 0.717) is 24.5 Å². The van der Waals surface area contributed by atoms with E-state index in [2.05, 4.69) is 15.0 Å². The largest absolute Gasteiger partial charge is 0.346 e. The van der Waals surface area contributed by atoms with E-state index >= 15 is 0 Å². The van der Waals surface area contributed by atoms with Gasteiger partial charge in [-0.15, -0.1) is 0 Å². The van der Waals surface area contributed by atoms with Crippen molar-refractivity contribution in [1.82, 2.24) is 14.9 Å². The number of aliphatic imine (C=N–C) groups is 1. The number of halogens is 1. The first-order valence-electron chi connectivity index (χ1n) is 5.47. The predicted octanol–water partition coefficient (Wildman–Crippen LogP) is 0.667. The lowest BCUT2D eigenvalue weighted by Crippen LogP contribution is -2.35. The molecule has 1 atom stereocenters. The van der Waals surface area contributed by atoms with Crippen molar-refractivity contribution in [2.24, 2.45) is 4.99 Å². The monoisotopic (exact) mass is 253 g/mol. The molecule has 0 aliphatic carbocycles. The Hall–Kier alpha value is -2.12. The lowest BCUT2D eigenvalue weighted by molar-refractivity contribution is -0.464. The topological polar surface area (TPSA) is 84.5 Å². The molecular weight excluding hydrogens is 241 g/mol. The van der Waals surface area contributed by atoms with E-state index in [1.165, 1.54) is 12.4 Å². The highest BCUT2D eigenvalue weighted by Crippen LogP contribution is 2.21. The molecule has 1 aliphatic heterocycles. The van der Waals surface area contributed by atoms with Crippen molar-refractivity contribution in [2.75, 3.05) is 19.6 Å². The standard InChI is InChI=1S/C10H12FN5O2/c1-7(8-4-13-10(11)14-5-8)15-3-2-12-9(15)6-16(17)18/h4-5,7H,2-3,6H2,1H3. The Balaban J connectivity index is 2.13. The van der Waals surface area contributed by atoms with Crippen LogP contribution in [0.3, 0.4) is 0 Å². The number of hydrogen-bond donors (Lipinski definition) is 0. The molecule has 7 nitrogen and oxygen atoms in total. The minimum atomic E-state index is -0.786. The summed E-state index contributed by atoms with van der Waals surface area (Å²) in [6.07, 6.45) is 1.98. The van der Waals surface area contributed by atoms with E-state index in [9.17, 15) is 14.5 Å². The minimum absolute atomic E-state index is 0.160. The average Bonchev–Trinajstić information content (AvgIpc) is 2.76. The number of amidine groups is 1. The number of hydrogen-bond acceptors (Lipinski definition) is 6. The van der Waals surface area contributed by atoms with Gasteiger partial charge in [-0.1, -0.05) is 0 Å². The fourth-order valence-electron chi connectivity index (χ4n) is 1.90. The van der Waals surface area contributed by atoms with E-state index in [1.54, 1.807) is 0 Å². The summed E-state index contributed by atoms with van der Waals surface area (Å²) >= 11 is 0. The third kappa shape index (κ3) is 2.58. The van der Waals surface area contributed by atoms with Crippen LogP contribution in [0.4, 0.5) is 4.39 Å². The summed E-state index contributed by atoms with van der Waals surface area (Å²) in [6.45, 7) is 2.71. The Morgan fingerprint density at radius 2 is 2.22 bits per heavy atom. The maximum Gasteiger partial charge on any atom is 0.308 e. The molecule has 0 N–H and O–H groups in total. The lowest BCUT2D eigenvalue weighted by atomic mass is 10.1. The molecule has 0 radical (unpaired) electrons. The Morgan fingerprint density at radius 1 is 1.56 bits per heavy atom. The molecule has 0 amide bonds. The highest BCUT2D eigenvalue weighted by molar-refractivity contribution is 5.85. The first kappa shape index (κ1) is 12.3. The van der Waals surface area contributed by atoms with Crippen LogP contribution < -0.4 is 0 Å². The highest BCUT2D eigenvalue weighted by Gasteiger charge is 2.26. The van der Waals surface area contributed by atoms with Crippen molar-refractivity contribution in [3.63, 3.8) is 0 Å². The van der Waals surface area contributed by atoms with Crippen LogP contribution in [0.15, 0.2) is 17.4 Å². The first-order valence-corrected chi connectivity index (χ1v) is 5.47. The van der Waals surface area contributed by atoms with E-state index in [-0.39, 0.29) is 12.6 Å². The SMILES string of the molecule is CC(c1cnc(F)nc1)N1CCN=C1C[N+](=O)[O-]. The summed E-state index contributed by atoms with van der Waals surface area (Å²) in [7, 11) is 0. The van der Waals surface area contributed by atoms with Gasteiger partial charge in [0.2, 0.25) is 0 Å². The Labute approximate surface area is 103 Å². The molecule has 1 unspecified atom stereocenters. The van der Waals surface area contributed by atoms with Crippen molar-refractivity contribution in [1.29, 1.82) is 0 Å². The van der Waals surface area contributed by atoms with Gasteiger partial charge in [-0.3, -0.25) is 15.1 Å². The molecule has 1 aliphatic rings. The highest BCUT2D eigenvalue weighted by atomic mass is 19.1. The second-order valence-electron chi connectivity index (χ2n) is 3.94. The van der Waals surface area contributed by atoms with Gasteiger partial charge in [-0.25, -0.2) is 9.97 Å². The van der Waals surface area contributed by atoms with Crippen LogP contribution in [0.25, 0.3) is 0 Å². The molecule has 0 fully saturated rings. The Bertz CT molecular complexity index is 476. The van der Waals surface area contributed by atoms with E-state index < -0.39 is 11.0 Å². The molecule has 0 bridgehead atoms. The van der Waals surface area contributed by atoms with Crippen LogP contribution in [-0.4, -0.2) is 45.3 Å². The molecule has 18 heavy (non-hydrogen) atoms. The molecule has 1 aromatic rings. The smallest absolute Gasteiger partial charge is 0.308 e. The fraction of sp³-hybridized carbons (Fsp3) is 0.500. The summed E-state index contributed by atoms with van der Waals surface area (Å²) in [5, 5.41) is 10.5. The third-order valence-electron chi connectivity index (χ3n) is 2.83. The zero-order valence-electron chi connectivity index (χ0n) is 9.78. The number of aromatic nitrogens is 2. The van der Waals surface area contributed by atoms with E-state index in [4.69, 9.17) is 0 Å². The molecule has 0 aromatic carbocycles. The average molecular weight is 253 g/mol. The molecule has 2 heterocycles. The summed E-state index contributed by atoms with van der Waals surface area (Å²) in [5.74, 6) is 0.442. The molecule has 0 saturated carbocycles. The number of nitrogens with zero attached hydrogens (tertiary/aromatic N) is 5. The predicted molar refractivity (Wildman–Crippen MR) is 61.3 cm³/mol. The van der Waals surface area contributed by atoms with Gasteiger partial charge in [0.15, 0.2) is 5.84 Å². The Kier molecular flexibility index (Phi) is 3.45. The van der Waals surface area contributed by atoms with Gasteiger partial charge < -0.3 is 4.90 Å². The molecule has 96 valence electrons. The zero-order chi connectivity index (χ0) is 13.1. The molecular formula is C10H12FN5O2. The Morgan fingerprint density at radius 3 is 2.83 bits per heavy atom. The molecule has 0 saturated heterocycles. The zero-order valence-corrected chi connectivity index (χ0v) is 9.78. The van der Waals surface area contributed by atoms with Crippen molar-refractivity contribution < 1.29 is 9.31 Å². The van der Waals surface area contributed by atoms with Crippen molar-refractivity contribution in [3.8, 4) is 0 Å². The van der Waals surface area contributed by atoms with Crippen LogP contribution in [0.5, 0.6) is 0 Å². The van der Waals surface area contributed by atoms with Gasteiger partial charge in [0, 0.05) is 29.4 Å². The van der Waals surface area contributed by atoms with Crippen LogP contribution in [0.2, 0.25) is 0 Å². The normalized spacial score (nSPS) is 16.6. The molecule has 2 rings (SSSR count). The van der Waals surface area contributed by atoms with Gasteiger partial charge in [0.05, 0.1) is 12.6 Å². The summed E-state index contributed by atoms with van der Waals surface area (Å²) < 4.78 is 12.6. The van der Waals surface area contributed by atoms with Gasteiger partial charge in [-0.05, 0) is 6.92 Å². The van der Waals surface area contributed by atoms with Crippen molar-refractivity contribution in [2.45, 2.75) is 13.0 Å². The van der Waals surface area contributed by atoms with Gasteiger partial charge in [-0.2, -0.15) is 4.39 Å². The van der Waals surface area contributed by atoms with Crippen LogP contribution in [0.1, 0.15) is 18.5 Å². The molecule has 1 aromatic heterocycles. The van der Waals surface area contributed by atoms with E-state index in [0.717, 1.165) is 0 Å². The summed E-state index contributed by atoms with van der Waals surface area (Å²) in [5.41, 5.74) is 0.703. The minimum Gasteiger partial charge on any atom is -0.346 e. The van der Waals surface area contributed by atoms with Crippen LogP contribution in [0, 0.1) is 16.2 Å². The van der Waals surface area contributed by atoms with Crippen molar-refractivity contribution >= 4 is 5.84 Å². The first-order chi connectivity index (χ1) is 8.58. The summed E-state index contributed by atoms with van der Waals surface area (Å²) in [4.78, 5) is 23.0. The third-order valence-corrected chi connectivity index (χ3v) is 2.83. The van der Waals surface area contributed by atoms with Gasteiger partial charge in [0.1, 0.15) is 0 Å². The van der Waals surface area contributed by atoms with Crippen LogP contribution in [-0.2, 0) is 0 Å². The molecule has 8 heteroatoms. The van der Waals surface area contributed by atoms with Crippen LogP contribution >= 0.6 is 0 Å². The number of rotatable bonds is 4. The lowest BCUT2D eigenvalue weighted by Gasteiger charge is -2.25.